The highest BCUT2D eigenvalue weighted by Crippen LogP contribution is 2.05. The van der Waals surface area contributed by atoms with Gasteiger partial charge in [-0.05, 0) is 18.1 Å². The minimum atomic E-state index is -0.654. The van der Waals surface area contributed by atoms with Gasteiger partial charge in [0.1, 0.15) is 6.04 Å². The van der Waals surface area contributed by atoms with Gasteiger partial charge in [0.15, 0.2) is 0 Å². The molecule has 1 unspecified atom stereocenters. The molecule has 2 amide bonds. The molecule has 1 N–H and O–H groups in total. The molecule has 6 heteroatoms. The van der Waals surface area contributed by atoms with Crippen LogP contribution < -0.4 is 5.32 Å². The van der Waals surface area contributed by atoms with E-state index in [4.69, 9.17) is 0 Å². The van der Waals surface area contributed by atoms with Gasteiger partial charge in [-0.3, -0.25) is 4.98 Å². The smallest absolute Gasteiger partial charge is 0.328 e. The summed E-state index contributed by atoms with van der Waals surface area (Å²) < 4.78 is 4.69. The largest absolute Gasteiger partial charge is 0.467 e. The zero-order valence-electron chi connectivity index (χ0n) is 12.3. The lowest BCUT2D eigenvalue weighted by atomic mass is 10.1. The molecule has 0 aliphatic rings. The quantitative estimate of drug-likeness (QED) is 0.827. The van der Waals surface area contributed by atoms with Gasteiger partial charge in [0.25, 0.3) is 0 Å². The predicted molar refractivity (Wildman–Crippen MR) is 74.9 cm³/mol. The zero-order chi connectivity index (χ0) is 15.1. The van der Waals surface area contributed by atoms with Crippen LogP contribution in [0.2, 0.25) is 0 Å². The summed E-state index contributed by atoms with van der Waals surface area (Å²) in [7, 11) is 2.96. The number of carbonyl (C=O) groups is 2. The maximum atomic E-state index is 12.1. The first-order valence-corrected chi connectivity index (χ1v) is 6.45. The summed E-state index contributed by atoms with van der Waals surface area (Å²) in [5.41, 5.74) is 0.782. The molecule has 0 aliphatic carbocycles. The van der Waals surface area contributed by atoms with Crippen LogP contribution in [0.4, 0.5) is 4.79 Å². The second-order valence-electron chi connectivity index (χ2n) is 4.87. The third kappa shape index (κ3) is 4.53. The van der Waals surface area contributed by atoms with E-state index in [9.17, 15) is 9.59 Å². The van der Waals surface area contributed by atoms with Crippen molar-refractivity contribution in [2.45, 2.75) is 26.4 Å². The van der Waals surface area contributed by atoms with Crippen molar-refractivity contribution >= 4 is 12.0 Å². The molecule has 0 saturated carbocycles. The fraction of sp³-hybridized carbons (Fsp3) is 0.500. The molecule has 1 rings (SSSR count). The number of pyridine rings is 1. The van der Waals surface area contributed by atoms with Crippen LogP contribution in [0, 0.1) is 5.92 Å². The molecular formula is C14H21N3O3. The highest BCUT2D eigenvalue weighted by atomic mass is 16.5. The molecule has 1 atom stereocenters. The van der Waals surface area contributed by atoms with Crippen molar-refractivity contribution in [1.29, 1.82) is 0 Å². The van der Waals surface area contributed by atoms with E-state index in [1.54, 1.807) is 13.2 Å². The van der Waals surface area contributed by atoms with E-state index >= 15 is 0 Å². The molecule has 0 fully saturated rings. The van der Waals surface area contributed by atoms with Crippen LogP contribution in [0.15, 0.2) is 24.4 Å². The molecule has 20 heavy (non-hydrogen) atoms. The second-order valence-corrected chi connectivity index (χ2v) is 4.87. The van der Waals surface area contributed by atoms with E-state index in [1.807, 2.05) is 32.0 Å². The number of hydrogen-bond donors (Lipinski definition) is 1. The maximum absolute atomic E-state index is 12.1. The average molecular weight is 279 g/mol. The lowest BCUT2D eigenvalue weighted by Crippen LogP contribution is -2.49. The lowest BCUT2D eigenvalue weighted by Gasteiger charge is -2.24. The number of carbonyl (C=O) groups excluding carboxylic acids is 2. The number of nitrogens with zero attached hydrogens (tertiary/aromatic N) is 2. The van der Waals surface area contributed by atoms with Crippen LogP contribution in [0.5, 0.6) is 0 Å². The van der Waals surface area contributed by atoms with E-state index < -0.39 is 12.0 Å². The summed E-state index contributed by atoms with van der Waals surface area (Å²) in [6, 6.07) is 4.53. The molecule has 1 heterocycles. The van der Waals surface area contributed by atoms with Gasteiger partial charge in [0.2, 0.25) is 0 Å². The van der Waals surface area contributed by atoms with Crippen molar-refractivity contribution < 1.29 is 14.3 Å². The number of rotatable bonds is 5. The van der Waals surface area contributed by atoms with Crippen molar-refractivity contribution in [3.63, 3.8) is 0 Å². The normalized spacial score (nSPS) is 11.8. The summed E-state index contributed by atoms with van der Waals surface area (Å²) in [5, 5.41) is 2.67. The Bertz CT molecular complexity index is 448. The van der Waals surface area contributed by atoms with Crippen molar-refractivity contribution in [2.24, 2.45) is 5.92 Å². The van der Waals surface area contributed by atoms with Crippen LogP contribution in [0.1, 0.15) is 19.5 Å². The molecule has 0 radical (unpaired) electrons. The Morgan fingerprint density at radius 1 is 1.40 bits per heavy atom. The molecule has 6 nitrogen and oxygen atoms in total. The van der Waals surface area contributed by atoms with E-state index in [1.165, 1.54) is 12.0 Å². The Kier molecular flexibility index (Phi) is 5.96. The van der Waals surface area contributed by atoms with Gasteiger partial charge in [0, 0.05) is 13.2 Å². The van der Waals surface area contributed by atoms with Gasteiger partial charge in [-0.25, -0.2) is 9.59 Å². The number of ether oxygens (including phenoxy) is 1. The first kappa shape index (κ1) is 15.9. The molecule has 1 aromatic heterocycles. The maximum Gasteiger partial charge on any atom is 0.328 e. The van der Waals surface area contributed by atoms with Crippen LogP contribution in [-0.2, 0) is 16.1 Å². The molecular weight excluding hydrogens is 258 g/mol. The molecule has 110 valence electrons. The van der Waals surface area contributed by atoms with Gasteiger partial charge >= 0.3 is 12.0 Å². The van der Waals surface area contributed by atoms with Crippen molar-refractivity contribution in [3.05, 3.63) is 30.1 Å². The summed E-state index contributed by atoms with van der Waals surface area (Å²) >= 11 is 0. The number of hydrogen-bond acceptors (Lipinski definition) is 4. The Balaban J connectivity index is 2.62. The van der Waals surface area contributed by atoms with Crippen molar-refractivity contribution in [1.82, 2.24) is 15.2 Å². The number of methoxy groups -OCH3 is 1. The molecule has 0 spiro atoms. The standard InChI is InChI=1S/C14H21N3O3/c1-10(2)12(13(18)20-4)16-14(19)17(3)9-11-7-5-6-8-15-11/h5-8,10,12H,9H2,1-4H3,(H,16,19). The van der Waals surface area contributed by atoms with Gasteiger partial charge in [0.05, 0.1) is 19.3 Å². The highest BCUT2D eigenvalue weighted by molar-refractivity contribution is 5.83. The highest BCUT2D eigenvalue weighted by Gasteiger charge is 2.26. The minimum Gasteiger partial charge on any atom is -0.467 e. The first-order valence-electron chi connectivity index (χ1n) is 6.45. The third-order valence-electron chi connectivity index (χ3n) is 2.87. The van der Waals surface area contributed by atoms with E-state index in [-0.39, 0.29) is 11.9 Å². The zero-order valence-corrected chi connectivity index (χ0v) is 12.3. The van der Waals surface area contributed by atoms with E-state index in [2.05, 4.69) is 15.0 Å². The summed E-state index contributed by atoms with van der Waals surface area (Å²) in [6.07, 6.45) is 1.67. The summed E-state index contributed by atoms with van der Waals surface area (Å²) in [5.74, 6) is -0.491. The van der Waals surface area contributed by atoms with Crippen LogP contribution in [-0.4, -0.2) is 42.1 Å². The van der Waals surface area contributed by atoms with Gasteiger partial charge in [-0.15, -0.1) is 0 Å². The van der Waals surface area contributed by atoms with Crippen LogP contribution in [0.3, 0.4) is 0 Å². The van der Waals surface area contributed by atoms with E-state index in [0.717, 1.165) is 5.69 Å². The van der Waals surface area contributed by atoms with Crippen LogP contribution >= 0.6 is 0 Å². The lowest BCUT2D eigenvalue weighted by molar-refractivity contribution is -0.144. The topological polar surface area (TPSA) is 71.5 Å². The summed E-state index contributed by atoms with van der Waals surface area (Å²) in [6.45, 7) is 4.07. The number of urea groups is 1. The second kappa shape index (κ2) is 7.47. The molecule has 0 aliphatic heterocycles. The SMILES string of the molecule is COC(=O)C(NC(=O)N(C)Cc1ccccn1)C(C)C. The number of esters is 1. The van der Waals surface area contributed by atoms with Gasteiger partial charge < -0.3 is 15.0 Å². The van der Waals surface area contributed by atoms with Crippen molar-refractivity contribution in [3.8, 4) is 0 Å². The molecule has 0 saturated heterocycles. The van der Waals surface area contributed by atoms with E-state index in [0.29, 0.717) is 6.54 Å². The fourth-order valence-corrected chi connectivity index (χ4v) is 1.67. The number of nitrogens with one attached hydrogen (secondary N) is 1. The van der Waals surface area contributed by atoms with Gasteiger partial charge in [-0.2, -0.15) is 0 Å². The minimum absolute atomic E-state index is 0.0466. The Hall–Kier alpha value is -2.11. The monoisotopic (exact) mass is 279 g/mol. The molecule has 1 aromatic rings. The van der Waals surface area contributed by atoms with Crippen LogP contribution in [0.25, 0.3) is 0 Å². The first-order chi connectivity index (χ1) is 9.45. The Morgan fingerprint density at radius 3 is 2.60 bits per heavy atom. The van der Waals surface area contributed by atoms with Gasteiger partial charge in [-0.1, -0.05) is 19.9 Å². The Morgan fingerprint density at radius 2 is 2.10 bits per heavy atom. The van der Waals surface area contributed by atoms with Crippen molar-refractivity contribution in [2.75, 3.05) is 14.2 Å². The third-order valence-corrected chi connectivity index (χ3v) is 2.87. The average Bonchev–Trinajstić information content (AvgIpc) is 2.44. The number of amides is 2. The molecule has 0 aromatic carbocycles. The predicted octanol–water partition coefficient (Wildman–Crippen LogP) is 1.42. The molecule has 0 bridgehead atoms. The number of aromatic nitrogens is 1. The fourth-order valence-electron chi connectivity index (χ4n) is 1.67. The summed E-state index contributed by atoms with van der Waals surface area (Å²) in [4.78, 5) is 29.3. The Labute approximate surface area is 119 Å².